The van der Waals surface area contributed by atoms with E-state index in [2.05, 4.69) is 4.98 Å². The third-order valence-electron chi connectivity index (χ3n) is 3.67. The van der Waals surface area contributed by atoms with E-state index in [4.69, 9.17) is 14.2 Å². The van der Waals surface area contributed by atoms with Gasteiger partial charge in [0.1, 0.15) is 5.01 Å². The monoisotopic (exact) mass is 355 g/mol. The van der Waals surface area contributed by atoms with E-state index in [1.807, 2.05) is 48.5 Å². The van der Waals surface area contributed by atoms with Crippen molar-refractivity contribution >= 4 is 17.3 Å². The summed E-state index contributed by atoms with van der Waals surface area (Å²) in [5.41, 5.74) is 2.07. The van der Waals surface area contributed by atoms with Gasteiger partial charge in [0.05, 0.1) is 26.2 Å². The zero-order valence-electron chi connectivity index (χ0n) is 14.1. The SMILES string of the molecule is COC(=O)c1nc(-c2ccc(OC)c(OC)c2)sc1-c1ccccc1. The Morgan fingerprint density at radius 3 is 2.28 bits per heavy atom. The Bertz CT molecular complexity index is 890. The zero-order valence-corrected chi connectivity index (χ0v) is 14.9. The molecule has 0 unspecified atom stereocenters. The maximum absolute atomic E-state index is 12.2. The average molecular weight is 355 g/mol. The number of ether oxygens (including phenoxy) is 3. The van der Waals surface area contributed by atoms with Crippen LogP contribution in [-0.4, -0.2) is 32.3 Å². The van der Waals surface area contributed by atoms with E-state index in [1.54, 1.807) is 14.2 Å². The normalized spacial score (nSPS) is 10.4. The van der Waals surface area contributed by atoms with Gasteiger partial charge in [-0.15, -0.1) is 11.3 Å². The molecule has 128 valence electrons. The molecule has 25 heavy (non-hydrogen) atoms. The van der Waals surface area contributed by atoms with Gasteiger partial charge in [0, 0.05) is 5.56 Å². The Morgan fingerprint density at radius 2 is 1.64 bits per heavy atom. The van der Waals surface area contributed by atoms with Crippen LogP contribution < -0.4 is 9.47 Å². The number of carbonyl (C=O) groups excluding carboxylic acids is 1. The van der Waals surface area contributed by atoms with Gasteiger partial charge in [0.25, 0.3) is 0 Å². The zero-order chi connectivity index (χ0) is 17.8. The molecule has 1 heterocycles. The molecular formula is C19H17NO4S. The highest BCUT2D eigenvalue weighted by Gasteiger charge is 2.21. The maximum Gasteiger partial charge on any atom is 0.358 e. The third-order valence-corrected chi connectivity index (χ3v) is 4.83. The fraction of sp³-hybridized carbons (Fsp3) is 0.158. The quantitative estimate of drug-likeness (QED) is 0.639. The van der Waals surface area contributed by atoms with Crippen LogP contribution in [0.15, 0.2) is 48.5 Å². The predicted molar refractivity (Wildman–Crippen MR) is 97.4 cm³/mol. The minimum absolute atomic E-state index is 0.309. The van der Waals surface area contributed by atoms with E-state index >= 15 is 0 Å². The molecule has 0 saturated heterocycles. The van der Waals surface area contributed by atoms with Crippen LogP contribution in [0.5, 0.6) is 11.5 Å². The van der Waals surface area contributed by atoms with Crippen LogP contribution in [-0.2, 0) is 4.74 Å². The molecule has 0 aliphatic carbocycles. The van der Waals surface area contributed by atoms with Crippen molar-refractivity contribution in [3.63, 3.8) is 0 Å². The molecule has 0 amide bonds. The second-order valence-electron chi connectivity index (χ2n) is 5.12. The number of carbonyl (C=O) groups is 1. The van der Waals surface area contributed by atoms with Crippen LogP contribution in [0.4, 0.5) is 0 Å². The third kappa shape index (κ3) is 3.34. The first-order valence-electron chi connectivity index (χ1n) is 7.55. The van der Waals surface area contributed by atoms with Crippen molar-refractivity contribution in [2.75, 3.05) is 21.3 Å². The number of esters is 1. The van der Waals surface area contributed by atoms with Crippen LogP contribution in [0.25, 0.3) is 21.0 Å². The van der Waals surface area contributed by atoms with Gasteiger partial charge in [-0.3, -0.25) is 0 Å². The lowest BCUT2D eigenvalue weighted by molar-refractivity contribution is 0.0596. The molecule has 3 rings (SSSR count). The van der Waals surface area contributed by atoms with Crippen LogP contribution in [0, 0.1) is 0 Å². The minimum Gasteiger partial charge on any atom is -0.493 e. The van der Waals surface area contributed by atoms with Gasteiger partial charge in [-0.05, 0) is 23.8 Å². The molecule has 6 heteroatoms. The van der Waals surface area contributed by atoms with Gasteiger partial charge in [0.2, 0.25) is 0 Å². The highest BCUT2D eigenvalue weighted by molar-refractivity contribution is 7.18. The molecule has 5 nitrogen and oxygen atoms in total. The number of aromatic nitrogens is 1. The number of hydrogen-bond acceptors (Lipinski definition) is 6. The summed E-state index contributed by atoms with van der Waals surface area (Å²) in [7, 11) is 4.52. The van der Waals surface area contributed by atoms with Crippen molar-refractivity contribution in [3.8, 4) is 32.5 Å². The maximum atomic E-state index is 12.2. The van der Waals surface area contributed by atoms with Crippen molar-refractivity contribution in [1.29, 1.82) is 0 Å². The van der Waals surface area contributed by atoms with E-state index in [9.17, 15) is 4.79 Å². The highest BCUT2D eigenvalue weighted by atomic mass is 32.1. The standard InChI is InChI=1S/C19H17NO4S/c1-22-14-10-9-13(11-15(14)23-2)18-20-16(19(21)24-3)17(25-18)12-7-5-4-6-8-12/h4-11H,1-3H3. The van der Waals surface area contributed by atoms with Gasteiger partial charge in [0.15, 0.2) is 17.2 Å². The van der Waals surface area contributed by atoms with Crippen molar-refractivity contribution < 1.29 is 19.0 Å². The number of thiazole rings is 1. The van der Waals surface area contributed by atoms with Crippen molar-refractivity contribution in [2.24, 2.45) is 0 Å². The summed E-state index contributed by atoms with van der Waals surface area (Å²) in [6.07, 6.45) is 0. The summed E-state index contributed by atoms with van der Waals surface area (Å²) < 4.78 is 15.5. The number of nitrogens with zero attached hydrogens (tertiary/aromatic N) is 1. The number of hydrogen-bond donors (Lipinski definition) is 0. The lowest BCUT2D eigenvalue weighted by Crippen LogP contribution is -2.03. The Kier molecular flexibility index (Phi) is 5.00. The van der Waals surface area contributed by atoms with Crippen LogP contribution in [0.1, 0.15) is 10.5 Å². The predicted octanol–water partition coefficient (Wildman–Crippen LogP) is 4.28. The van der Waals surface area contributed by atoms with Gasteiger partial charge >= 0.3 is 5.97 Å². The van der Waals surface area contributed by atoms with Gasteiger partial charge in [-0.2, -0.15) is 0 Å². The molecule has 0 atom stereocenters. The molecule has 0 bridgehead atoms. The van der Waals surface area contributed by atoms with E-state index in [0.29, 0.717) is 22.2 Å². The molecule has 1 aromatic heterocycles. The topological polar surface area (TPSA) is 57.7 Å². The van der Waals surface area contributed by atoms with Crippen LogP contribution in [0.3, 0.4) is 0 Å². The van der Waals surface area contributed by atoms with Crippen molar-refractivity contribution in [3.05, 3.63) is 54.2 Å². The average Bonchev–Trinajstić information content (AvgIpc) is 3.13. The summed E-state index contributed by atoms with van der Waals surface area (Å²) in [6.45, 7) is 0. The Hall–Kier alpha value is -2.86. The van der Waals surface area contributed by atoms with Crippen LogP contribution >= 0.6 is 11.3 Å². The van der Waals surface area contributed by atoms with E-state index < -0.39 is 5.97 Å². The number of rotatable bonds is 5. The molecule has 0 fully saturated rings. The summed E-state index contributed by atoms with van der Waals surface area (Å²) in [5.74, 6) is 0.789. The Balaban J connectivity index is 2.12. The molecule has 2 aromatic carbocycles. The highest BCUT2D eigenvalue weighted by Crippen LogP contribution is 2.38. The van der Waals surface area contributed by atoms with Gasteiger partial charge < -0.3 is 14.2 Å². The summed E-state index contributed by atoms with van der Waals surface area (Å²) in [6, 6.07) is 15.2. The number of benzene rings is 2. The minimum atomic E-state index is -0.457. The molecule has 0 saturated carbocycles. The lowest BCUT2D eigenvalue weighted by Gasteiger charge is -2.08. The summed E-state index contributed by atoms with van der Waals surface area (Å²) >= 11 is 1.43. The molecule has 0 spiro atoms. The van der Waals surface area contributed by atoms with Crippen molar-refractivity contribution in [2.45, 2.75) is 0 Å². The number of methoxy groups -OCH3 is 3. The first-order valence-corrected chi connectivity index (χ1v) is 8.36. The second-order valence-corrected chi connectivity index (χ2v) is 6.12. The molecule has 0 aliphatic heterocycles. The first-order chi connectivity index (χ1) is 12.2. The van der Waals surface area contributed by atoms with Gasteiger partial charge in [-0.25, -0.2) is 9.78 Å². The largest absolute Gasteiger partial charge is 0.493 e. The van der Waals surface area contributed by atoms with Gasteiger partial charge in [-0.1, -0.05) is 30.3 Å². The fourth-order valence-electron chi connectivity index (χ4n) is 2.43. The summed E-state index contributed by atoms with van der Waals surface area (Å²) in [4.78, 5) is 17.4. The molecule has 0 radical (unpaired) electrons. The fourth-order valence-corrected chi connectivity index (χ4v) is 3.49. The Morgan fingerprint density at radius 1 is 0.920 bits per heavy atom. The lowest BCUT2D eigenvalue weighted by atomic mass is 10.1. The van der Waals surface area contributed by atoms with Crippen molar-refractivity contribution in [1.82, 2.24) is 4.98 Å². The first kappa shape index (κ1) is 17.0. The molecule has 3 aromatic rings. The molecular weight excluding hydrogens is 338 g/mol. The van der Waals surface area contributed by atoms with E-state index in [1.165, 1.54) is 18.4 Å². The second kappa shape index (κ2) is 7.36. The molecule has 0 N–H and O–H groups in total. The van der Waals surface area contributed by atoms with E-state index in [-0.39, 0.29) is 0 Å². The van der Waals surface area contributed by atoms with Crippen LogP contribution in [0.2, 0.25) is 0 Å². The molecule has 0 aliphatic rings. The summed E-state index contributed by atoms with van der Waals surface area (Å²) in [5, 5.41) is 0.709. The van der Waals surface area contributed by atoms with E-state index in [0.717, 1.165) is 16.0 Å². The smallest absolute Gasteiger partial charge is 0.358 e. The Labute approximate surface area is 149 Å².